The number of halogens is 2. The average Bonchev–Trinajstić information content (AvgIpc) is 2.83. The molecule has 2 rings (SSSR count). The lowest BCUT2D eigenvalue weighted by Gasteiger charge is -2.12. The second kappa shape index (κ2) is 5.63. The number of carbonyl (C=O) groups is 1. The number of nitrogens with two attached hydrogens (primary N) is 1. The maximum atomic E-state index is 13.1. The molecule has 0 unspecified atom stereocenters. The van der Waals surface area contributed by atoms with Crippen LogP contribution in [0, 0.1) is 11.3 Å². The summed E-state index contributed by atoms with van der Waals surface area (Å²) in [5, 5.41) is 8.99. The van der Waals surface area contributed by atoms with Crippen LogP contribution in [0.15, 0.2) is 30.5 Å². The third-order valence-corrected chi connectivity index (χ3v) is 2.97. The van der Waals surface area contributed by atoms with Gasteiger partial charge in [0.25, 0.3) is 6.43 Å². The lowest BCUT2D eigenvalue weighted by atomic mass is 10.2. The van der Waals surface area contributed by atoms with Crippen LogP contribution in [0.1, 0.15) is 28.0 Å². The smallest absolute Gasteiger partial charge is 0.357 e. The van der Waals surface area contributed by atoms with Gasteiger partial charge in [-0.05, 0) is 6.07 Å². The predicted molar refractivity (Wildman–Crippen MR) is 71.2 cm³/mol. The summed E-state index contributed by atoms with van der Waals surface area (Å²) < 4.78 is 31.9. The van der Waals surface area contributed by atoms with Crippen LogP contribution in [-0.2, 0) is 4.74 Å². The first kappa shape index (κ1) is 14.5. The summed E-state index contributed by atoms with van der Waals surface area (Å²) in [5.41, 5.74) is 5.28. The number of rotatable bonds is 3. The van der Waals surface area contributed by atoms with Gasteiger partial charge in [0, 0.05) is 11.8 Å². The quantitative estimate of drug-likeness (QED) is 0.881. The Morgan fingerprint density at radius 3 is 2.67 bits per heavy atom. The Morgan fingerprint density at radius 2 is 2.10 bits per heavy atom. The number of para-hydroxylation sites is 1. The summed E-state index contributed by atoms with van der Waals surface area (Å²) in [5.74, 6) is -0.807. The number of ether oxygens (including phenoxy) is 1. The summed E-state index contributed by atoms with van der Waals surface area (Å²) in [6.45, 7) is 0. The summed E-state index contributed by atoms with van der Waals surface area (Å²) >= 11 is 0. The highest BCUT2D eigenvalue weighted by Gasteiger charge is 2.24. The first-order valence-corrected chi connectivity index (χ1v) is 5.88. The highest BCUT2D eigenvalue weighted by atomic mass is 19.3. The lowest BCUT2D eigenvalue weighted by Crippen LogP contribution is -2.12. The van der Waals surface area contributed by atoms with Gasteiger partial charge in [-0.2, -0.15) is 5.26 Å². The maximum absolute atomic E-state index is 13.1. The number of benzene rings is 1. The Kier molecular flexibility index (Phi) is 3.89. The number of nitriles is 1. The summed E-state index contributed by atoms with van der Waals surface area (Å²) in [6.07, 6.45) is -1.50. The van der Waals surface area contributed by atoms with Gasteiger partial charge in [-0.15, -0.1) is 0 Å². The van der Waals surface area contributed by atoms with Crippen molar-refractivity contribution in [3.63, 3.8) is 0 Å². The summed E-state index contributed by atoms with van der Waals surface area (Å²) in [6, 6.07) is 7.47. The van der Waals surface area contributed by atoms with E-state index in [2.05, 4.69) is 4.74 Å². The molecule has 0 bridgehead atoms. The number of carbonyl (C=O) groups excluding carboxylic acids is 1. The van der Waals surface area contributed by atoms with E-state index in [9.17, 15) is 13.6 Å². The minimum absolute atomic E-state index is 0.0134. The van der Waals surface area contributed by atoms with E-state index in [4.69, 9.17) is 11.0 Å². The third kappa shape index (κ3) is 2.43. The van der Waals surface area contributed by atoms with Crippen LogP contribution >= 0.6 is 0 Å². The van der Waals surface area contributed by atoms with E-state index in [0.29, 0.717) is 0 Å². The van der Waals surface area contributed by atoms with Crippen LogP contribution in [0.3, 0.4) is 0 Å². The second-order valence-corrected chi connectivity index (χ2v) is 4.14. The molecule has 0 aliphatic heterocycles. The Morgan fingerprint density at radius 1 is 1.43 bits per heavy atom. The van der Waals surface area contributed by atoms with E-state index >= 15 is 0 Å². The molecule has 21 heavy (non-hydrogen) atoms. The molecule has 0 saturated heterocycles. The van der Waals surface area contributed by atoms with Crippen molar-refractivity contribution >= 4 is 11.7 Å². The van der Waals surface area contributed by atoms with E-state index in [-0.39, 0.29) is 28.2 Å². The first-order valence-electron chi connectivity index (χ1n) is 5.88. The van der Waals surface area contributed by atoms with Gasteiger partial charge in [-0.3, -0.25) is 0 Å². The molecule has 0 radical (unpaired) electrons. The van der Waals surface area contributed by atoms with Crippen LogP contribution < -0.4 is 5.73 Å². The molecule has 7 heteroatoms. The van der Waals surface area contributed by atoms with E-state index in [1.165, 1.54) is 24.4 Å². The highest BCUT2D eigenvalue weighted by Crippen LogP contribution is 2.30. The van der Waals surface area contributed by atoms with Gasteiger partial charge in [-0.25, -0.2) is 13.6 Å². The van der Waals surface area contributed by atoms with Gasteiger partial charge in [0.15, 0.2) is 5.69 Å². The van der Waals surface area contributed by atoms with Crippen molar-refractivity contribution < 1.29 is 18.3 Å². The fourth-order valence-corrected chi connectivity index (χ4v) is 2.00. The monoisotopic (exact) mass is 291 g/mol. The number of hydrogen-bond donors (Lipinski definition) is 1. The van der Waals surface area contributed by atoms with E-state index in [1.807, 2.05) is 6.07 Å². The molecule has 0 saturated carbocycles. The normalized spacial score (nSPS) is 10.4. The number of nitrogens with zero attached hydrogens (tertiary/aromatic N) is 2. The minimum Gasteiger partial charge on any atom is -0.464 e. The maximum Gasteiger partial charge on any atom is 0.357 e. The molecule has 2 aromatic rings. The van der Waals surface area contributed by atoms with Crippen molar-refractivity contribution in [3.05, 3.63) is 47.3 Å². The first-order chi connectivity index (χ1) is 10.0. The molecule has 0 amide bonds. The van der Waals surface area contributed by atoms with Gasteiger partial charge in [0.2, 0.25) is 0 Å². The summed E-state index contributed by atoms with van der Waals surface area (Å²) in [4.78, 5) is 11.8. The van der Waals surface area contributed by atoms with Gasteiger partial charge in [0.1, 0.15) is 6.07 Å². The number of esters is 1. The van der Waals surface area contributed by atoms with E-state index < -0.39 is 12.4 Å². The number of hydrogen-bond acceptors (Lipinski definition) is 4. The van der Waals surface area contributed by atoms with Crippen LogP contribution in [-0.4, -0.2) is 17.6 Å². The topological polar surface area (TPSA) is 81.0 Å². The lowest BCUT2D eigenvalue weighted by molar-refractivity contribution is 0.0592. The zero-order chi connectivity index (χ0) is 15.6. The SMILES string of the molecule is COC(=O)c1c(N)c(C#N)cn1-c1ccccc1C(F)F. The molecule has 1 aromatic heterocycles. The third-order valence-electron chi connectivity index (χ3n) is 2.97. The number of alkyl halides is 2. The Balaban J connectivity index is 2.76. The van der Waals surface area contributed by atoms with Crippen molar-refractivity contribution in [1.29, 1.82) is 5.26 Å². The van der Waals surface area contributed by atoms with Crippen LogP contribution in [0.5, 0.6) is 0 Å². The fraction of sp³-hybridized carbons (Fsp3) is 0.143. The molecule has 0 aliphatic rings. The standard InChI is InChI=1S/C14H11F2N3O2/c1-21-14(20)12-11(18)8(6-17)7-19(12)10-5-3-2-4-9(10)13(15)16/h2-5,7,13H,18H2,1H3. The van der Waals surface area contributed by atoms with E-state index in [0.717, 1.165) is 11.7 Å². The summed E-state index contributed by atoms with van der Waals surface area (Å²) in [7, 11) is 1.14. The number of nitrogen functional groups attached to an aromatic ring is 1. The molecule has 0 spiro atoms. The largest absolute Gasteiger partial charge is 0.464 e. The molecule has 1 heterocycles. The Labute approximate surface area is 119 Å². The predicted octanol–water partition coefficient (Wildman–Crippen LogP) is 2.66. The van der Waals surface area contributed by atoms with Crippen LogP contribution in [0.4, 0.5) is 14.5 Å². The molecule has 0 fully saturated rings. The number of methoxy groups -OCH3 is 1. The van der Waals surface area contributed by atoms with Gasteiger partial charge in [-0.1, -0.05) is 18.2 Å². The molecular weight excluding hydrogens is 280 g/mol. The van der Waals surface area contributed by atoms with Crippen molar-refractivity contribution in [2.75, 3.05) is 12.8 Å². The number of aromatic nitrogens is 1. The van der Waals surface area contributed by atoms with Crippen molar-refractivity contribution in [2.45, 2.75) is 6.43 Å². The molecule has 5 nitrogen and oxygen atoms in total. The molecular formula is C14H11F2N3O2. The highest BCUT2D eigenvalue weighted by molar-refractivity contribution is 5.96. The zero-order valence-electron chi connectivity index (χ0n) is 11.0. The molecule has 108 valence electrons. The van der Waals surface area contributed by atoms with Crippen LogP contribution in [0.2, 0.25) is 0 Å². The van der Waals surface area contributed by atoms with Gasteiger partial charge < -0.3 is 15.0 Å². The average molecular weight is 291 g/mol. The molecule has 0 atom stereocenters. The van der Waals surface area contributed by atoms with Gasteiger partial charge >= 0.3 is 5.97 Å². The van der Waals surface area contributed by atoms with Crippen molar-refractivity contribution in [2.24, 2.45) is 0 Å². The fourth-order valence-electron chi connectivity index (χ4n) is 2.00. The van der Waals surface area contributed by atoms with Gasteiger partial charge in [0.05, 0.1) is 24.0 Å². The van der Waals surface area contributed by atoms with Crippen molar-refractivity contribution in [1.82, 2.24) is 4.57 Å². The molecule has 0 aliphatic carbocycles. The Hall–Kier alpha value is -2.88. The molecule has 2 N–H and O–H groups in total. The minimum atomic E-state index is -2.74. The Bertz CT molecular complexity index is 732. The zero-order valence-corrected chi connectivity index (χ0v) is 11.0. The number of anilines is 1. The second-order valence-electron chi connectivity index (χ2n) is 4.14. The van der Waals surface area contributed by atoms with Crippen molar-refractivity contribution in [3.8, 4) is 11.8 Å². The van der Waals surface area contributed by atoms with Crippen LogP contribution in [0.25, 0.3) is 5.69 Å². The molecule has 1 aromatic carbocycles. The van der Waals surface area contributed by atoms with E-state index in [1.54, 1.807) is 6.07 Å².